The standard InChI is InChI=1S/C18H13F3O3S/c1-9-6-13(22)18-14(4-3-11(20)17(9)18)24-16(23)8-25-15-5-2-10(19)7-12(15)21/h2-5,7,9H,6,8H2,1H3. The van der Waals surface area contributed by atoms with Crippen LogP contribution in [-0.2, 0) is 4.79 Å². The Balaban J connectivity index is 1.73. The smallest absolute Gasteiger partial charge is 0.321 e. The molecule has 0 spiro atoms. The number of hydrogen-bond acceptors (Lipinski definition) is 4. The van der Waals surface area contributed by atoms with Gasteiger partial charge in [0.1, 0.15) is 23.2 Å². The van der Waals surface area contributed by atoms with Crippen molar-refractivity contribution in [2.45, 2.75) is 24.2 Å². The van der Waals surface area contributed by atoms with Crippen LogP contribution in [0.15, 0.2) is 35.2 Å². The monoisotopic (exact) mass is 366 g/mol. The van der Waals surface area contributed by atoms with Crippen LogP contribution in [0.2, 0.25) is 0 Å². The zero-order valence-corrected chi connectivity index (χ0v) is 14.0. The molecule has 0 saturated heterocycles. The highest BCUT2D eigenvalue weighted by Gasteiger charge is 2.33. The van der Waals surface area contributed by atoms with Gasteiger partial charge in [-0.2, -0.15) is 0 Å². The number of Topliss-reactive ketones (excluding diaryl/α,β-unsaturated/α-hetero) is 1. The highest BCUT2D eigenvalue weighted by Crippen LogP contribution is 2.39. The van der Waals surface area contributed by atoms with Gasteiger partial charge < -0.3 is 4.74 Å². The van der Waals surface area contributed by atoms with Crippen LogP contribution >= 0.6 is 11.8 Å². The summed E-state index contributed by atoms with van der Waals surface area (Å²) in [6.45, 7) is 1.73. The van der Waals surface area contributed by atoms with Crippen molar-refractivity contribution in [3.05, 3.63) is 58.9 Å². The third-order valence-corrected chi connectivity index (χ3v) is 4.90. The number of hydrogen-bond donors (Lipinski definition) is 0. The number of fused-ring (bicyclic) bond motifs is 1. The molecule has 3 rings (SSSR count). The predicted octanol–water partition coefficient (Wildman–Crippen LogP) is 4.49. The van der Waals surface area contributed by atoms with Gasteiger partial charge >= 0.3 is 5.97 Å². The average molecular weight is 366 g/mol. The minimum absolute atomic E-state index is 0.0101. The molecule has 1 aliphatic carbocycles. The summed E-state index contributed by atoms with van der Waals surface area (Å²) in [5.41, 5.74) is 0.353. The van der Waals surface area contributed by atoms with E-state index in [9.17, 15) is 22.8 Å². The van der Waals surface area contributed by atoms with E-state index in [2.05, 4.69) is 0 Å². The largest absolute Gasteiger partial charge is 0.425 e. The van der Waals surface area contributed by atoms with Gasteiger partial charge in [0.2, 0.25) is 0 Å². The van der Waals surface area contributed by atoms with Gasteiger partial charge in [-0.1, -0.05) is 6.92 Å². The van der Waals surface area contributed by atoms with Gasteiger partial charge in [0, 0.05) is 22.9 Å². The second-order valence-electron chi connectivity index (χ2n) is 5.70. The molecule has 0 saturated carbocycles. The highest BCUT2D eigenvalue weighted by atomic mass is 32.2. The molecule has 1 unspecified atom stereocenters. The van der Waals surface area contributed by atoms with E-state index >= 15 is 0 Å². The number of ether oxygens (including phenoxy) is 1. The molecule has 130 valence electrons. The summed E-state index contributed by atoms with van der Waals surface area (Å²) < 4.78 is 45.5. The fourth-order valence-electron chi connectivity index (χ4n) is 2.79. The Morgan fingerprint density at radius 1 is 1.20 bits per heavy atom. The van der Waals surface area contributed by atoms with Crippen molar-refractivity contribution in [1.29, 1.82) is 0 Å². The minimum atomic E-state index is -0.774. The summed E-state index contributed by atoms with van der Waals surface area (Å²) in [5, 5.41) is 0. The van der Waals surface area contributed by atoms with Crippen LogP contribution in [0.4, 0.5) is 13.2 Å². The number of halogens is 3. The summed E-state index contributed by atoms with van der Waals surface area (Å²) in [5.74, 6) is -3.48. The van der Waals surface area contributed by atoms with Crippen LogP contribution in [0.5, 0.6) is 5.75 Å². The summed E-state index contributed by atoms with van der Waals surface area (Å²) in [7, 11) is 0. The van der Waals surface area contributed by atoms with Gasteiger partial charge in [0.25, 0.3) is 0 Å². The quantitative estimate of drug-likeness (QED) is 0.454. The minimum Gasteiger partial charge on any atom is -0.425 e. The normalized spacial score (nSPS) is 16.0. The summed E-state index contributed by atoms with van der Waals surface area (Å²) >= 11 is 0.846. The van der Waals surface area contributed by atoms with Crippen molar-refractivity contribution in [3.63, 3.8) is 0 Å². The summed E-state index contributed by atoms with van der Waals surface area (Å²) in [6, 6.07) is 5.43. The third kappa shape index (κ3) is 3.56. The molecule has 0 aliphatic heterocycles. The molecule has 25 heavy (non-hydrogen) atoms. The Kier molecular flexibility index (Phi) is 4.85. The first-order chi connectivity index (χ1) is 11.9. The topological polar surface area (TPSA) is 43.4 Å². The van der Waals surface area contributed by atoms with Gasteiger partial charge in [-0.25, -0.2) is 13.2 Å². The number of ketones is 1. The molecule has 0 aromatic heterocycles. The Hall–Kier alpha value is -2.28. The van der Waals surface area contributed by atoms with Crippen molar-refractivity contribution in [1.82, 2.24) is 0 Å². The van der Waals surface area contributed by atoms with E-state index in [4.69, 9.17) is 4.74 Å². The van der Waals surface area contributed by atoms with E-state index < -0.39 is 23.4 Å². The van der Waals surface area contributed by atoms with Crippen molar-refractivity contribution in [2.24, 2.45) is 0 Å². The van der Waals surface area contributed by atoms with Gasteiger partial charge in [0.15, 0.2) is 5.78 Å². The molecule has 7 heteroatoms. The van der Waals surface area contributed by atoms with Crippen LogP contribution in [0.3, 0.4) is 0 Å². The highest BCUT2D eigenvalue weighted by molar-refractivity contribution is 8.00. The zero-order chi connectivity index (χ0) is 18.1. The number of rotatable bonds is 4. The van der Waals surface area contributed by atoms with Crippen molar-refractivity contribution < 1.29 is 27.5 Å². The van der Waals surface area contributed by atoms with Crippen molar-refractivity contribution in [3.8, 4) is 5.75 Å². The second kappa shape index (κ2) is 6.92. The lowest BCUT2D eigenvalue weighted by molar-refractivity contribution is -0.131. The van der Waals surface area contributed by atoms with Gasteiger partial charge in [-0.15, -0.1) is 11.8 Å². The fourth-order valence-corrected chi connectivity index (χ4v) is 3.49. The van der Waals surface area contributed by atoms with E-state index in [1.807, 2.05) is 0 Å². The van der Waals surface area contributed by atoms with Gasteiger partial charge in [-0.05, 0) is 30.2 Å². The lowest BCUT2D eigenvalue weighted by atomic mass is 10.0. The summed E-state index contributed by atoms with van der Waals surface area (Å²) in [6.07, 6.45) is 0.163. The molecule has 2 aromatic carbocycles. The Morgan fingerprint density at radius 3 is 2.68 bits per heavy atom. The van der Waals surface area contributed by atoms with Crippen LogP contribution in [0, 0.1) is 17.5 Å². The fraction of sp³-hybridized carbons (Fsp3) is 0.222. The molecular formula is C18H13F3O3S. The number of carbonyl (C=O) groups is 2. The molecule has 0 N–H and O–H groups in total. The summed E-state index contributed by atoms with van der Waals surface area (Å²) in [4.78, 5) is 24.1. The van der Waals surface area contributed by atoms with Crippen LogP contribution < -0.4 is 4.74 Å². The van der Waals surface area contributed by atoms with Gasteiger partial charge in [0.05, 0.1) is 11.3 Å². The number of esters is 1. The van der Waals surface area contributed by atoms with E-state index in [0.717, 1.165) is 30.0 Å². The lowest BCUT2D eigenvalue weighted by Gasteiger charge is -2.10. The first-order valence-corrected chi connectivity index (χ1v) is 8.49. The van der Waals surface area contributed by atoms with Crippen molar-refractivity contribution >= 4 is 23.5 Å². The van der Waals surface area contributed by atoms with E-state index in [0.29, 0.717) is 0 Å². The maximum Gasteiger partial charge on any atom is 0.321 e. The Labute approximate surface area is 146 Å². The van der Waals surface area contributed by atoms with Crippen LogP contribution in [0.25, 0.3) is 0 Å². The van der Waals surface area contributed by atoms with Crippen LogP contribution in [0.1, 0.15) is 35.2 Å². The predicted molar refractivity (Wildman–Crippen MR) is 86.5 cm³/mol. The number of benzene rings is 2. The van der Waals surface area contributed by atoms with Crippen LogP contribution in [-0.4, -0.2) is 17.5 Å². The molecule has 1 aliphatic rings. The second-order valence-corrected chi connectivity index (χ2v) is 6.72. The van der Waals surface area contributed by atoms with Gasteiger partial charge in [-0.3, -0.25) is 9.59 Å². The molecule has 1 atom stereocenters. The number of carbonyl (C=O) groups excluding carboxylic acids is 2. The lowest BCUT2D eigenvalue weighted by Crippen LogP contribution is -2.13. The first-order valence-electron chi connectivity index (χ1n) is 7.51. The van der Waals surface area contributed by atoms with E-state index in [-0.39, 0.29) is 45.6 Å². The Morgan fingerprint density at radius 2 is 1.96 bits per heavy atom. The maximum absolute atomic E-state index is 13.9. The molecule has 3 nitrogen and oxygen atoms in total. The molecule has 0 bridgehead atoms. The van der Waals surface area contributed by atoms with E-state index in [1.165, 1.54) is 12.1 Å². The molecule has 0 radical (unpaired) electrons. The zero-order valence-electron chi connectivity index (χ0n) is 13.1. The number of thioether (sulfide) groups is 1. The third-order valence-electron chi connectivity index (χ3n) is 3.88. The first kappa shape index (κ1) is 17.5. The SMILES string of the molecule is CC1CC(=O)c2c(OC(=O)CSc3ccc(F)cc3F)ccc(F)c21. The molecular weight excluding hydrogens is 353 g/mol. The molecule has 0 amide bonds. The maximum atomic E-state index is 13.9. The van der Waals surface area contributed by atoms with Crippen molar-refractivity contribution in [2.75, 3.05) is 5.75 Å². The van der Waals surface area contributed by atoms with E-state index in [1.54, 1.807) is 6.92 Å². The molecule has 0 fully saturated rings. The molecule has 0 heterocycles. The molecule has 2 aromatic rings. The average Bonchev–Trinajstić information content (AvgIpc) is 2.85. The Bertz CT molecular complexity index is 867.